The molecular weight excluding hydrogens is 208 g/mol. The van der Waals surface area contributed by atoms with Gasteiger partial charge in [0.05, 0.1) is 0 Å². The molecule has 0 amide bonds. The first-order valence-electron chi connectivity index (χ1n) is 3.37. The molecule has 0 aliphatic carbocycles. The van der Waals surface area contributed by atoms with Crippen molar-refractivity contribution in [2.24, 2.45) is 0 Å². The number of rotatable bonds is 2. The number of thiophene rings is 1. The SMILES string of the molecule is O=C(O)c1snnc1-c1ccsc1. The Morgan fingerprint density at radius 2 is 2.38 bits per heavy atom. The van der Waals surface area contributed by atoms with Gasteiger partial charge in [0.25, 0.3) is 0 Å². The third-order valence-corrected chi connectivity index (χ3v) is 2.87. The summed E-state index contributed by atoms with van der Waals surface area (Å²) in [6, 6.07) is 1.83. The molecule has 0 aromatic carbocycles. The first kappa shape index (κ1) is 8.33. The predicted octanol–water partition coefficient (Wildman–Crippen LogP) is 1.96. The van der Waals surface area contributed by atoms with Gasteiger partial charge in [0.1, 0.15) is 5.69 Å². The lowest BCUT2D eigenvalue weighted by Crippen LogP contribution is -1.94. The Labute approximate surface area is 81.6 Å². The third kappa shape index (κ3) is 1.45. The average molecular weight is 212 g/mol. The van der Waals surface area contributed by atoms with Gasteiger partial charge in [-0.25, -0.2) is 4.79 Å². The van der Waals surface area contributed by atoms with E-state index in [0.717, 1.165) is 17.1 Å². The lowest BCUT2D eigenvalue weighted by Gasteiger charge is -1.90. The van der Waals surface area contributed by atoms with Gasteiger partial charge in [0, 0.05) is 10.9 Å². The molecule has 0 aliphatic rings. The third-order valence-electron chi connectivity index (χ3n) is 1.48. The van der Waals surface area contributed by atoms with E-state index in [0.29, 0.717) is 5.69 Å². The molecular formula is C7H4N2O2S2. The van der Waals surface area contributed by atoms with Gasteiger partial charge >= 0.3 is 5.97 Å². The fourth-order valence-corrected chi connectivity index (χ4v) is 2.09. The van der Waals surface area contributed by atoms with E-state index in [1.165, 1.54) is 11.3 Å². The molecule has 6 heteroatoms. The Kier molecular flexibility index (Phi) is 2.07. The second-order valence-corrected chi connectivity index (χ2v) is 3.80. The van der Waals surface area contributed by atoms with Crippen molar-refractivity contribution in [2.75, 3.05) is 0 Å². The minimum absolute atomic E-state index is 0.193. The maximum atomic E-state index is 10.7. The molecule has 2 heterocycles. The van der Waals surface area contributed by atoms with Crippen LogP contribution in [-0.4, -0.2) is 20.7 Å². The van der Waals surface area contributed by atoms with Crippen molar-refractivity contribution in [2.45, 2.75) is 0 Å². The van der Waals surface area contributed by atoms with Gasteiger partial charge < -0.3 is 5.11 Å². The van der Waals surface area contributed by atoms with Crippen LogP contribution in [-0.2, 0) is 0 Å². The highest BCUT2D eigenvalue weighted by Crippen LogP contribution is 2.25. The molecule has 2 rings (SSSR count). The van der Waals surface area contributed by atoms with Crippen molar-refractivity contribution in [1.82, 2.24) is 9.59 Å². The van der Waals surface area contributed by atoms with E-state index < -0.39 is 5.97 Å². The number of aromatic carboxylic acids is 1. The largest absolute Gasteiger partial charge is 0.477 e. The summed E-state index contributed by atoms with van der Waals surface area (Å²) in [5, 5.41) is 16.3. The summed E-state index contributed by atoms with van der Waals surface area (Å²) in [6.45, 7) is 0. The van der Waals surface area contributed by atoms with Crippen molar-refractivity contribution in [3.63, 3.8) is 0 Å². The molecule has 0 bridgehead atoms. The summed E-state index contributed by atoms with van der Waals surface area (Å²) in [5.74, 6) is -0.976. The van der Waals surface area contributed by atoms with Gasteiger partial charge in [-0.3, -0.25) is 0 Å². The van der Waals surface area contributed by atoms with Gasteiger partial charge in [-0.15, -0.1) is 5.10 Å². The zero-order valence-corrected chi connectivity index (χ0v) is 7.93. The molecule has 66 valence electrons. The van der Waals surface area contributed by atoms with E-state index in [2.05, 4.69) is 9.59 Å². The second-order valence-electron chi connectivity index (χ2n) is 2.27. The average Bonchev–Trinajstić information content (AvgIpc) is 2.74. The highest BCUT2D eigenvalue weighted by atomic mass is 32.1. The monoisotopic (exact) mass is 212 g/mol. The summed E-state index contributed by atoms with van der Waals surface area (Å²) >= 11 is 2.40. The minimum atomic E-state index is -0.976. The molecule has 0 fully saturated rings. The van der Waals surface area contributed by atoms with Crippen LogP contribution in [0.1, 0.15) is 9.67 Å². The summed E-state index contributed by atoms with van der Waals surface area (Å²) in [7, 11) is 0. The zero-order valence-electron chi connectivity index (χ0n) is 6.30. The maximum absolute atomic E-state index is 10.7. The second kappa shape index (κ2) is 3.23. The van der Waals surface area contributed by atoms with Crippen LogP contribution in [0.25, 0.3) is 11.3 Å². The minimum Gasteiger partial charge on any atom is -0.477 e. The summed E-state index contributed by atoms with van der Waals surface area (Å²) < 4.78 is 3.61. The van der Waals surface area contributed by atoms with Crippen LogP contribution >= 0.6 is 22.9 Å². The molecule has 0 atom stereocenters. The number of carboxylic acid groups (broad SMARTS) is 1. The quantitative estimate of drug-likeness (QED) is 0.826. The Morgan fingerprint density at radius 3 is 3.00 bits per heavy atom. The molecule has 2 aromatic rings. The van der Waals surface area contributed by atoms with E-state index >= 15 is 0 Å². The van der Waals surface area contributed by atoms with Crippen molar-refractivity contribution < 1.29 is 9.90 Å². The smallest absolute Gasteiger partial charge is 0.349 e. The normalized spacial score (nSPS) is 10.2. The van der Waals surface area contributed by atoms with Crippen LogP contribution in [0.15, 0.2) is 16.8 Å². The molecule has 1 N–H and O–H groups in total. The lowest BCUT2D eigenvalue weighted by atomic mass is 10.2. The fraction of sp³-hybridized carbons (Fsp3) is 0. The molecule has 0 radical (unpaired) electrons. The van der Waals surface area contributed by atoms with Crippen LogP contribution < -0.4 is 0 Å². The summed E-state index contributed by atoms with van der Waals surface area (Å²) in [5.41, 5.74) is 1.27. The maximum Gasteiger partial charge on any atom is 0.349 e. The van der Waals surface area contributed by atoms with Crippen molar-refractivity contribution in [1.29, 1.82) is 0 Å². The molecule has 13 heavy (non-hydrogen) atoms. The highest BCUT2D eigenvalue weighted by Gasteiger charge is 2.16. The van der Waals surface area contributed by atoms with Crippen molar-refractivity contribution in [3.05, 3.63) is 21.7 Å². The number of hydrogen-bond acceptors (Lipinski definition) is 5. The van der Waals surface area contributed by atoms with E-state index in [4.69, 9.17) is 5.11 Å². The highest BCUT2D eigenvalue weighted by molar-refractivity contribution is 7.09. The summed E-state index contributed by atoms with van der Waals surface area (Å²) in [4.78, 5) is 10.9. The molecule has 0 aliphatic heterocycles. The Balaban J connectivity index is 2.52. The van der Waals surface area contributed by atoms with Crippen LogP contribution in [0.3, 0.4) is 0 Å². The van der Waals surface area contributed by atoms with Gasteiger partial charge in [-0.05, 0) is 23.0 Å². The van der Waals surface area contributed by atoms with E-state index in [1.54, 1.807) is 0 Å². The van der Waals surface area contributed by atoms with Crippen LogP contribution in [0.4, 0.5) is 0 Å². The van der Waals surface area contributed by atoms with E-state index in [-0.39, 0.29) is 4.88 Å². The summed E-state index contributed by atoms with van der Waals surface area (Å²) in [6.07, 6.45) is 0. The number of nitrogens with zero attached hydrogens (tertiary/aromatic N) is 2. The molecule has 0 saturated heterocycles. The topological polar surface area (TPSA) is 63.1 Å². The predicted molar refractivity (Wildman–Crippen MR) is 50.2 cm³/mol. The van der Waals surface area contributed by atoms with Crippen molar-refractivity contribution in [3.8, 4) is 11.3 Å². The first-order valence-corrected chi connectivity index (χ1v) is 5.09. The zero-order chi connectivity index (χ0) is 9.26. The van der Waals surface area contributed by atoms with Gasteiger partial charge in [0.15, 0.2) is 4.88 Å². The first-order chi connectivity index (χ1) is 6.29. The Morgan fingerprint density at radius 1 is 1.54 bits per heavy atom. The number of aromatic nitrogens is 2. The van der Waals surface area contributed by atoms with E-state index in [9.17, 15) is 4.79 Å². The molecule has 0 unspecified atom stereocenters. The molecule has 4 nitrogen and oxygen atoms in total. The van der Waals surface area contributed by atoms with Gasteiger partial charge in [-0.2, -0.15) is 11.3 Å². The van der Waals surface area contributed by atoms with Crippen molar-refractivity contribution >= 4 is 28.8 Å². The number of hydrogen-bond donors (Lipinski definition) is 1. The van der Waals surface area contributed by atoms with E-state index in [1.807, 2.05) is 16.8 Å². The van der Waals surface area contributed by atoms with Gasteiger partial charge in [-0.1, -0.05) is 4.49 Å². The standard InChI is InChI=1S/C7H4N2O2S2/c10-7(11)6-5(8-9-13-6)4-1-2-12-3-4/h1-3H,(H,10,11). The number of carboxylic acids is 1. The Hall–Kier alpha value is -1.27. The number of carbonyl (C=O) groups is 1. The molecule has 0 spiro atoms. The molecule has 0 saturated carbocycles. The molecule has 2 aromatic heterocycles. The van der Waals surface area contributed by atoms with Gasteiger partial charge in [0.2, 0.25) is 0 Å². The van der Waals surface area contributed by atoms with Crippen LogP contribution in [0.2, 0.25) is 0 Å². The fourth-order valence-electron chi connectivity index (χ4n) is 0.919. The lowest BCUT2D eigenvalue weighted by molar-refractivity contribution is 0.0702. The Bertz CT molecular complexity index is 421. The van der Waals surface area contributed by atoms with Crippen LogP contribution in [0.5, 0.6) is 0 Å². The van der Waals surface area contributed by atoms with Crippen LogP contribution in [0, 0.1) is 0 Å².